The molecule has 0 unspecified atom stereocenters. The molecule has 1 saturated carbocycles. The average Bonchev–Trinajstić information content (AvgIpc) is 2.26. The van der Waals surface area contributed by atoms with Crippen LogP contribution in [0.15, 0.2) is 24.3 Å². The number of hydrogen-bond acceptors (Lipinski definition) is 2. The molecule has 1 aliphatic rings. The van der Waals surface area contributed by atoms with E-state index in [0.29, 0.717) is 12.6 Å². The van der Waals surface area contributed by atoms with Crippen LogP contribution in [0.1, 0.15) is 24.8 Å². The van der Waals surface area contributed by atoms with E-state index in [2.05, 4.69) is 5.32 Å². The van der Waals surface area contributed by atoms with Crippen LogP contribution in [-0.2, 0) is 0 Å². The number of nitrogens with one attached hydrogen (secondary N) is 1. The Morgan fingerprint density at radius 3 is 2.83 bits per heavy atom. The second kappa shape index (κ2) is 5.87. The molecule has 1 aliphatic carbocycles. The molecule has 0 spiro atoms. The Balaban J connectivity index is 2.00. The van der Waals surface area contributed by atoms with Crippen molar-refractivity contribution < 1.29 is 9.90 Å². The first-order valence-corrected chi connectivity index (χ1v) is 6.46. The van der Waals surface area contributed by atoms with Crippen molar-refractivity contribution in [2.45, 2.75) is 32.2 Å². The van der Waals surface area contributed by atoms with E-state index in [1.807, 2.05) is 31.2 Å². The third-order valence-corrected chi connectivity index (χ3v) is 3.39. The van der Waals surface area contributed by atoms with Crippen molar-refractivity contribution in [2.24, 2.45) is 0 Å². The van der Waals surface area contributed by atoms with E-state index in [1.54, 1.807) is 4.90 Å². The molecule has 2 N–H and O–H groups in total. The smallest absolute Gasteiger partial charge is 0.322 e. The van der Waals surface area contributed by atoms with Gasteiger partial charge in [0, 0.05) is 18.3 Å². The minimum Gasteiger partial charge on any atom is -0.395 e. The maximum Gasteiger partial charge on any atom is 0.322 e. The van der Waals surface area contributed by atoms with Crippen LogP contribution in [0.25, 0.3) is 0 Å². The van der Waals surface area contributed by atoms with Gasteiger partial charge in [-0.2, -0.15) is 0 Å². The molecule has 18 heavy (non-hydrogen) atoms. The Hall–Kier alpha value is -1.55. The molecule has 2 rings (SSSR count). The highest BCUT2D eigenvalue weighted by atomic mass is 16.3. The maximum atomic E-state index is 12.2. The van der Waals surface area contributed by atoms with Gasteiger partial charge in [-0.05, 0) is 43.9 Å². The summed E-state index contributed by atoms with van der Waals surface area (Å²) in [5, 5.41) is 11.9. The van der Waals surface area contributed by atoms with Gasteiger partial charge in [0.15, 0.2) is 0 Å². The standard InChI is InChI=1S/C14H20N2O2/c1-11-4-2-5-12(10-11)15-14(18)16(8-9-17)13-6-3-7-13/h2,4-5,10,13,17H,3,6-9H2,1H3,(H,15,18). The van der Waals surface area contributed by atoms with Crippen LogP contribution < -0.4 is 5.32 Å². The SMILES string of the molecule is Cc1cccc(NC(=O)N(CCO)C2CCC2)c1. The zero-order valence-corrected chi connectivity index (χ0v) is 10.7. The van der Waals surface area contributed by atoms with Crippen LogP contribution in [0.2, 0.25) is 0 Å². The quantitative estimate of drug-likeness (QED) is 0.859. The molecule has 4 nitrogen and oxygen atoms in total. The number of hydrogen-bond donors (Lipinski definition) is 2. The molecule has 1 aromatic carbocycles. The minimum absolute atomic E-state index is 0.0116. The number of carbonyl (C=O) groups excluding carboxylic acids is 1. The molecule has 1 aromatic rings. The Morgan fingerprint density at radius 1 is 1.50 bits per heavy atom. The number of nitrogens with zero attached hydrogens (tertiary/aromatic N) is 1. The summed E-state index contributed by atoms with van der Waals surface area (Å²) in [6.45, 7) is 2.41. The van der Waals surface area contributed by atoms with E-state index in [4.69, 9.17) is 5.11 Å². The van der Waals surface area contributed by atoms with Crippen molar-refractivity contribution in [1.82, 2.24) is 4.90 Å². The average molecular weight is 248 g/mol. The van der Waals surface area contributed by atoms with E-state index in [-0.39, 0.29) is 12.6 Å². The van der Waals surface area contributed by atoms with Crippen molar-refractivity contribution in [1.29, 1.82) is 0 Å². The second-order valence-corrected chi connectivity index (χ2v) is 4.80. The predicted octanol–water partition coefficient (Wildman–Crippen LogP) is 2.37. The number of aliphatic hydroxyl groups is 1. The first-order chi connectivity index (χ1) is 8.70. The molecule has 1 fully saturated rings. The Kier molecular flexibility index (Phi) is 4.20. The highest BCUT2D eigenvalue weighted by Crippen LogP contribution is 2.25. The Bertz CT molecular complexity index is 416. The molecule has 0 atom stereocenters. The van der Waals surface area contributed by atoms with E-state index in [9.17, 15) is 4.79 Å². The summed E-state index contributed by atoms with van der Waals surface area (Å²) in [5.74, 6) is 0. The topological polar surface area (TPSA) is 52.6 Å². The lowest BCUT2D eigenvalue weighted by molar-refractivity contribution is 0.127. The monoisotopic (exact) mass is 248 g/mol. The first kappa shape index (κ1) is 12.9. The zero-order valence-electron chi connectivity index (χ0n) is 10.7. The van der Waals surface area contributed by atoms with Gasteiger partial charge in [0.05, 0.1) is 6.61 Å². The second-order valence-electron chi connectivity index (χ2n) is 4.80. The highest BCUT2D eigenvalue weighted by molar-refractivity contribution is 5.89. The molecule has 0 aliphatic heterocycles. The van der Waals surface area contributed by atoms with Gasteiger partial charge in [0.25, 0.3) is 0 Å². The van der Waals surface area contributed by atoms with Crippen LogP contribution in [0.5, 0.6) is 0 Å². The predicted molar refractivity (Wildman–Crippen MR) is 71.6 cm³/mol. The molecular weight excluding hydrogens is 228 g/mol. The Morgan fingerprint density at radius 2 is 2.28 bits per heavy atom. The molecule has 98 valence electrons. The number of carbonyl (C=O) groups is 1. The lowest BCUT2D eigenvalue weighted by Gasteiger charge is -2.37. The lowest BCUT2D eigenvalue weighted by atomic mass is 9.92. The summed E-state index contributed by atoms with van der Waals surface area (Å²) in [6.07, 6.45) is 3.26. The fourth-order valence-electron chi connectivity index (χ4n) is 2.17. The van der Waals surface area contributed by atoms with Crippen molar-refractivity contribution in [3.63, 3.8) is 0 Å². The van der Waals surface area contributed by atoms with Crippen LogP contribution in [-0.4, -0.2) is 35.2 Å². The minimum atomic E-state index is -0.112. The van der Waals surface area contributed by atoms with Gasteiger partial charge in [-0.25, -0.2) is 4.79 Å². The van der Waals surface area contributed by atoms with Crippen molar-refractivity contribution in [2.75, 3.05) is 18.5 Å². The summed E-state index contributed by atoms with van der Waals surface area (Å²) in [5.41, 5.74) is 1.92. The lowest BCUT2D eigenvalue weighted by Crippen LogP contribution is -2.47. The number of benzene rings is 1. The maximum absolute atomic E-state index is 12.2. The van der Waals surface area contributed by atoms with Gasteiger partial charge in [-0.15, -0.1) is 0 Å². The summed E-state index contributed by atoms with van der Waals surface area (Å²) < 4.78 is 0. The first-order valence-electron chi connectivity index (χ1n) is 6.46. The largest absolute Gasteiger partial charge is 0.395 e. The number of aryl methyl sites for hydroxylation is 1. The van der Waals surface area contributed by atoms with Crippen LogP contribution in [0.4, 0.5) is 10.5 Å². The van der Waals surface area contributed by atoms with Crippen molar-refractivity contribution >= 4 is 11.7 Å². The summed E-state index contributed by atoms with van der Waals surface area (Å²) in [4.78, 5) is 13.9. The molecule has 0 aromatic heterocycles. The molecule has 0 heterocycles. The molecule has 2 amide bonds. The number of rotatable bonds is 4. The number of anilines is 1. The number of amides is 2. The van der Waals surface area contributed by atoms with Crippen molar-refractivity contribution in [3.05, 3.63) is 29.8 Å². The van der Waals surface area contributed by atoms with Gasteiger partial charge in [0.2, 0.25) is 0 Å². The molecule has 0 saturated heterocycles. The fraction of sp³-hybridized carbons (Fsp3) is 0.500. The van der Waals surface area contributed by atoms with Crippen molar-refractivity contribution in [3.8, 4) is 0 Å². The summed E-state index contributed by atoms with van der Waals surface area (Å²) >= 11 is 0. The van der Waals surface area contributed by atoms with Crippen LogP contribution in [0.3, 0.4) is 0 Å². The fourth-order valence-corrected chi connectivity index (χ4v) is 2.17. The summed E-state index contributed by atoms with van der Waals surface area (Å²) in [6, 6.07) is 7.91. The van der Waals surface area contributed by atoms with Gasteiger partial charge < -0.3 is 15.3 Å². The molecule has 0 bridgehead atoms. The van der Waals surface area contributed by atoms with E-state index in [1.165, 1.54) is 6.42 Å². The molecule has 4 heteroatoms. The molecule has 0 radical (unpaired) electrons. The zero-order chi connectivity index (χ0) is 13.0. The van der Waals surface area contributed by atoms with E-state index in [0.717, 1.165) is 24.1 Å². The Labute approximate surface area is 108 Å². The van der Waals surface area contributed by atoms with E-state index < -0.39 is 0 Å². The van der Waals surface area contributed by atoms with Crippen LogP contribution in [0, 0.1) is 6.92 Å². The number of urea groups is 1. The van der Waals surface area contributed by atoms with Gasteiger partial charge in [-0.3, -0.25) is 0 Å². The summed E-state index contributed by atoms with van der Waals surface area (Å²) in [7, 11) is 0. The molecular formula is C14H20N2O2. The normalized spacial score (nSPS) is 15.0. The van der Waals surface area contributed by atoms with Gasteiger partial charge >= 0.3 is 6.03 Å². The van der Waals surface area contributed by atoms with E-state index >= 15 is 0 Å². The van der Waals surface area contributed by atoms with Gasteiger partial charge in [-0.1, -0.05) is 12.1 Å². The highest BCUT2D eigenvalue weighted by Gasteiger charge is 2.28. The number of aliphatic hydroxyl groups excluding tert-OH is 1. The van der Waals surface area contributed by atoms with Gasteiger partial charge in [0.1, 0.15) is 0 Å². The van der Waals surface area contributed by atoms with Crippen LogP contribution >= 0.6 is 0 Å². The third kappa shape index (κ3) is 3.01. The third-order valence-electron chi connectivity index (χ3n) is 3.39.